The van der Waals surface area contributed by atoms with Crippen molar-refractivity contribution in [2.45, 2.75) is 78.6 Å². The molecule has 152 valence electrons. The molecule has 0 radical (unpaired) electrons. The number of aromatic nitrogens is 1. The predicted molar refractivity (Wildman–Crippen MR) is 117 cm³/mol. The molecule has 3 nitrogen and oxygen atoms in total. The predicted octanol–water partition coefficient (Wildman–Crippen LogP) is 6.51. The van der Waals surface area contributed by atoms with E-state index in [4.69, 9.17) is 4.74 Å². The van der Waals surface area contributed by atoms with Crippen molar-refractivity contribution in [1.82, 2.24) is 9.30 Å². The molecule has 27 heavy (non-hydrogen) atoms. The van der Waals surface area contributed by atoms with Gasteiger partial charge in [-0.1, -0.05) is 59.4 Å². The molecular weight excluding hydrogens is 332 g/mol. The highest BCUT2D eigenvalue weighted by Crippen LogP contribution is 2.32. The first-order valence-electron chi connectivity index (χ1n) is 11.1. The molecule has 0 atom stereocenters. The van der Waals surface area contributed by atoms with E-state index in [1.54, 1.807) is 0 Å². The Morgan fingerprint density at radius 1 is 0.926 bits per heavy atom. The SMILES string of the molecule is CCCCCN(CCCCC)CCCOc1c(C(C)C)cn2ccccc12. The average molecular weight is 373 g/mol. The third-order valence-electron chi connectivity index (χ3n) is 5.31. The van der Waals surface area contributed by atoms with Crippen molar-refractivity contribution in [2.75, 3.05) is 26.2 Å². The number of rotatable bonds is 14. The molecule has 0 bridgehead atoms. The second-order valence-corrected chi connectivity index (χ2v) is 8.02. The molecule has 0 spiro atoms. The maximum atomic E-state index is 6.31. The maximum Gasteiger partial charge on any atom is 0.148 e. The average Bonchev–Trinajstić information content (AvgIpc) is 3.04. The van der Waals surface area contributed by atoms with Gasteiger partial charge in [-0.3, -0.25) is 0 Å². The second-order valence-electron chi connectivity index (χ2n) is 8.02. The molecule has 0 saturated heterocycles. The summed E-state index contributed by atoms with van der Waals surface area (Å²) >= 11 is 0. The minimum absolute atomic E-state index is 0.472. The fraction of sp³-hybridized carbons (Fsp3) is 0.667. The van der Waals surface area contributed by atoms with Crippen LogP contribution < -0.4 is 4.74 Å². The van der Waals surface area contributed by atoms with Crippen molar-refractivity contribution in [3.63, 3.8) is 0 Å². The Hall–Kier alpha value is -1.48. The molecule has 0 aromatic carbocycles. The molecule has 2 aromatic heterocycles. The molecule has 0 N–H and O–H groups in total. The van der Waals surface area contributed by atoms with E-state index in [1.165, 1.54) is 62.7 Å². The van der Waals surface area contributed by atoms with Gasteiger partial charge in [0.15, 0.2) is 0 Å². The van der Waals surface area contributed by atoms with Gasteiger partial charge in [0.05, 0.1) is 12.1 Å². The summed E-state index contributed by atoms with van der Waals surface area (Å²) in [4.78, 5) is 2.65. The molecule has 0 fully saturated rings. The number of hydrogen-bond donors (Lipinski definition) is 0. The summed E-state index contributed by atoms with van der Waals surface area (Å²) in [6.45, 7) is 13.5. The van der Waals surface area contributed by atoms with Gasteiger partial charge in [-0.05, 0) is 50.4 Å². The number of unbranched alkanes of at least 4 members (excludes halogenated alkanes) is 4. The summed E-state index contributed by atoms with van der Waals surface area (Å²) in [5.74, 6) is 1.55. The van der Waals surface area contributed by atoms with E-state index < -0.39 is 0 Å². The highest BCUT2D eigenvalue weighted by atomic mass is 16.5. The van der Waals surface area contributed by atoms with Gasteiger partial charge in [-0.2, -0.15) is 0 Å². The Bertz CT molecular complexity index is 637. The molecule has 0 amide bonds. The molecule has 2 aromatic rings. The summed E-state index contributed by atoms with van der Waals surface area (Å²) in [5, 5.41) is 0. The van der Waals surface area contributed by atoms with Crippen LogP contribution in [0.5, 0.6) is 5.75 Å². The number of pyridine rings is 1. The Balaban J connectivity index is 1.88. The van der Waals surface area contributed by atoms with Crippen LogP contribution in [0.2, 0.25) is 0 Å². The van der Waals surface area contributed by atoms with Gasteiger partial charge in [0, 0.05) is 24.5 Å². The van der Waals surface area contributed by atoms with E-state index in [2.05, 4.69) is 67.6 Å². The van der Waals surface area contributed by atoms with Crippen LogP contribution in [0, 0.1) is 0 Å². The monoisotopic (exact) mass is 372 g/mol. The third kappa shape index (κ3) is 6.88. The van der Waals surface area contributed by atoms with Crippen LogP contribution in [-0.4, -0.2) is 35.5 Å². The number of fused-ring (bicyclic) bond motifs is 1. The van der Waals surface area contributed by atoms with Gasteiger partial charge < -0.3 is 14.0 Å². The van der Waals surface area contributed by atoms with E-state index in [0.717, 1.165) is 25.3 Å². The molecule has 0 aliphatic rings. The van der Waals surface area contributed by atoms with E-state index >= 15 is 0 Å². The Morgan fingerprint density at radius 3 is 2.22 bits per heavy atom. The molecule has 0 aliphatic carbocycles. The highest BCUT2D eigenvalue weighted by molar-refractivity contribution is 5.65. The standard InChI is InChI=1S/C24H40N2O/c1-5-7-10-15-25(16-11-8-6-2)17-13-19-27-24-22(21(3)4)20-26-18-12-9-14-23(24)26/h9,12,14,18,20-21H,5-8,10-11,13,15-17,19H2,1-4H3. The summed E-state index contributed by atoms with van der Waals surface area (Å²) in [5.41, 5.74) is 2.49. The lowest BCUT2D eigenvalue weighted by Crippen LogP contribution is -2.28. The normalized spacial score (nSPS) is 11.8. The smallest absolute Gasteiger partial charge is 0.148 e. The Labute approximate surface area is 166 Å². The summed E-state index contributed by atoms with van der Waals surface area (Å²) < 4.78 is 8.49. The van der Waals surface area contributed by atoms with Crippen LogP contribution in [0.1, 0.15) is 84.1 Å². The van der Waals surface area contributed by atoms with Crippen molar-refractivity contribution in [3.05, 3.63) is 36.2 Å². The van der Waals surface area contributed by atoms with Crippen molar-refractivity contribution in [2.24, 2.45) is 0 Å². The van der Waals surface area contributed by atoms with Crippen LogP contribution in [0.25, 0.3) is 5.52 Å². The highest BCUT2D eigenvalue weighted by Gasteiger charge is 2.14. The second kappa shape index (κ2) is 12.1. The first-order valence-corrected chi connectivity index (χ1v) is 11.1. The molecule has 2 rings (SSSR count). The lowest BCUT2D eigenvalue weighted by molar-refractivity contribution is 0.227. The zero-order valence-corrected chi connectivity index (χ0v) is 18.0. The minimum atomic E-state index is 0.472. The van der Waals surface area contributed by atoms with Crippen LogP contribution >= 0.6 is 0 Å². The first kappa shape index (κ1) is 21.8. The van der Waals surface area contributed by atoms with Crippen molar-refractivity contribution < 1.29 is 4.74 Å². The van der Waals surface area contributed by atoms with Crippen LogP contribution in [0.4, 0.5) is 0 Å². The quantitative estimate of drug-likeness (QED) is 0.351. The van der Waals surface area contributed by atoms with Gasteiger partial charge in [-0.25, -0.2) is 0 Å². The molecule has 0 saturated carbocycles. The maximum absolute atomic E-state index is 6.31. The van der Waals surface area contributed by atoms with E-state index in [0.29, 0.717) is 5.92 Å². The van der Waals surface area contributed by atoms with Gasteiger partial charge in [-0.15, -0.1) is 0 Å². The van der Waals surface area contributed by atoms with Gasteiger partial charge in [0.25, 0.3) is 0 Å². The van der Waals surface area contributed by atoms with Crippen molar-refractivity contribution in [3.8, 4) is 5.75 Å². The van der Waals surface area contributed by atoms with Gasteiger partial charge >= 0.3 is 0 Å². The van der Waals surface area contributed by atoms with Crippen LogP contribution in [-0.2, 0) is 0 Å². The molecule has 3 heteroatoms. The Morgan fingerprint density at radius 2 is 1.59 bits per heavy atom. The Kier molecular flexibility index (Phi) is 9.75. The van der Waals surface area contributed by atoms with Crippen LogP contribution in [0.3, 0.4) is 0 Å². The lowest BCUT2D eigenvalue weighted by Gasteiger charge is -2.22. The fourth-order valence-corrected chi connectivity index (χ4v) is 3.65. The van der Waals surface area contributed by atoms with E-state index in [-0.39, 0.29) is 0 Å². The minimum Gasteiger partial charge on any atom is -0.491 e. The fourth-order valence-electron chi connectivity index (χ4n) is 3.65. The van der Waals surface area contributed by atoms with E-state index in [1.807, 2.05) is 0 Å². The van der Waals surface area contributed by atoms with Gasteiger partial charge in [0.2, 0.25) is 0 Å². The molecule has 0 unspecified atom stereocenters. The summed E-state index contributed by atoms with van der Waals surface area (Å²) in [6.07, 6.45) is 13.4. The number of hydrogen-bond acceptors (Lipinski definition) is 2. The van der Waals surface area contributed by atoms with Crippen molar-refractivity contribution in [1.29, 1.82) is 0 Å². The number of ether oxygens (including phenoxy) is 1. The number of nitrogens with zero attached hydrogens (tertiary/aromatic N) is 2. The zero-order valence-electron chi connectivity index (χ0n) is 18.0. The largest absolute Gasteiger partial charge is 0.491 e. The van der Waals surface area contributed by atoms with E-state index in [9.17, 15) is 0 Å². The van der Waals surface area contributed by atoms with Crippen LogP contribution in [0.15, 0.2) is 30.6 Å². The van der Waals surface area contributed by atoms with Crippen molar-refractivity contribution >= 4 is 5.52 Å². The third-order valence-corrected chi connectivity index (χ3v) is 5.31. The molecule has 2 heterocycles. The molecular formula is C24H40N2O. The topological polar surface area (TPSA) is 16.9 Å². The lowest BCUT2D eigenvalue weighted by atomic mass is 10.1. The molecule has 0 aliphatic heterocycles. The zero-order chi connectivity index (χ0) is 19.5. The van der Waals surface area contributed by atoms with Gasteiger partial charge in [0.1, 0.15) is 5.75 Å². The first-order chi connectivity index (χ1) is 13.2. The summed E-state index contributed by atoms with van der Waals surface area (Å²) in [7, 11) is 0. The summed E-state index contributed by atoms with van der Waals surface area (Å²) in [6, 6.07) is 6.32.